The van der Waals surface area contributed by atoms with Crippen molar-refractivity contribution in [2.24, 2.45) is 0 Å². The van der Waals surface area contributed by atoms with Crippen molar-refractivity contribution in [3.05, 3.63) is 11.4 Å². The Kier molecular flexibility index (Phi) is 4.30. The van der Waals surface area contributed by atoms with Gasteiger partial charge < -0.3 is 15.8 Å². The highest BCUT2D eigenvalue weighted by molar-refractivity contribution is 5.54. The highest BCUT2D eigenvalue weighted by atomic mass is 16.5. The lowest BCUT2D eigenvalue weighted by Crippen LogP contribution is -2.13. The third-order valence-corrected chi connectivity index (χ3v) is 2.04. The fourth-order valence-corrected chi connectivity index (χ4v) is 1.21. The summed E-state index contributed by atoms with van der Waals surface area (Å²) in [6.07, 6.45) is 0. The van der Waals surface area contributed by atoms with Crippen molar-refractivity contribution in [1.29, 1.82) is 0 Å². The van der Waals surface area contributed by atoms with E-state index >= 15 is 0 Å². The molecule has 0 fully saturated rings. The highest BCUT2D eigenvalue weighted by Crippen LogP contribution is 2.16. The minimum absolute atomic E-state index is 0.529. The maximum absolute atomic E-state index is 5.73. The van der Waals surface area contributed by atoms with Crippen LogP contribution in [0.2, 0.25) is 0 Å². The average molecular weight is 210 g/mol. The van der Waals surface area contributed by atoms with Gasteiger partial charge in [-0.2, -0.15) is 0 Å². The number of anilines is 2. The third-order valence-electron chi connectivity index (χ3n) is 2.04. The molecule has 0 saturated heterocycles. The summed E-state index contributed by atoms with van der Waals surface area (Å²) >= 11 is 0. The van der Waals surface area contributed by atoms with E-state index < -0.39 is 0 Å². The molecule has 0 atom stereocenters. The molecule has 0 aliphatic rings. The van der Waals surface area contributed by atoms with E-state index in [0.717, 1.165) is 24.5 Å². The van der Waals surface area contributed by atoms with Crippen LogP contribution in [0.3, 0.4) is 0 Å². The van der Waals surface area contributed by atoms with Gasteiger partial charge in [-0.05, 0) is 20.8 Å². The fourth-order valence-electron chi connectivity index (χ4n) is 1.21. The topological polar surface area (TPSA) is 73.1 Å². The molecule has 0 bridgehead atoms. The van der Waals surface area contributed by atoms with Gasteiger partial charge in [0, 0.05) is 18.7 Å². The maximum atomic E-state index is 5.73. The molecule has 0 aliphatic carbocycles. The minimum Gasteiger partial charge on any atom is -0.383 e. The molecule has 15 heavy (non-hydrogen) atoms. The summed E-state index contributed by atoms with van der Waals surface area (Å²) in [6.45, 7) is 7.81. The molecule has 3 N–H and O–H groups in total. The Morgan fingerprint density at radius 2 is 2.07 bits per heavy atom. The van der Waals surface area contributed by atoms with Crippen LogP contribution in [0, 0.1) is 13.8 Å². The zero-order valence-electron chi connectivity index (χ0n) is 9.50. The number of nitrogens with zero attached hydrogens (tertiary/aromatic N) is 2. The van der Waals surface area contributed by atoms with Gasteiger partial charge >= 0.3 is 0 Å². The number of rotatable bonds is 5. The molecule has 0 amide bonds. The zero-order chi connectivity index (χ0) is 11.3. The number of nitrogen functional groups attached to an aromatic ring is 1. The molecule has 1 aromatic rings. The van der Waals surface area contributed by atoms with Gasteiger partial charge in [-0.25, -0.2) is 9.97 Å². The molecule has 0 spiro atoms. The number of ether oxygens (including phenoxy) is 1. The van der Waals surface area contributed by atoms with E-state index in [4.69, 9.17) is 10.5 Å². The zero-order valence-corrected chi connectivity index (χ0v) is 9.50. The van der Waals surface area contributed by atoms with E-state index in [1.54, 1.807) is 0 Å². The lowest BCUT2D eigenvalue weighted by molar-refractivity contribution is 0.158. The fraction of sp³-hybridized carbons (Fsp3) is 0.600. The highest BCUT2D eigenvalue weighted by Gasteiger charge is 2.05. The van der Waals surface area contributed by atoms with Crippen molar-refractivity contribution < 1.29 is 4.74 Å². The molecule has 0 saturated carbocycles. The molecule has 5 nitrogen and oxygen atoms in total. The van der Waals surface area contributed by atoms with E-state index in [-0.39, 0.29) is 0 Å². The second-order valence-corrected chi connectivity index (χ2v) is 3.25. The van der Waals surface area contributed by atoms with E-state index in [1.165, 1.54) is 0 Å². The predicted molar refractivity (Wildman–Crippen MR) is 60.9 cm³/mol. The van der Waals surface area contributed by atoms with Crippen molar-refractivity contribution in [2.75, 3.05) is 30.8 Å². The van der Waals surface area contributed by atoms with Gasteiger partial charge in [-0.1, -0.05) is 0 Å². The van der Waals surface area contributed by atoms with Crippen LogP contribution < -0.4 is 11.1 Å². The summed E-state index contributed by atoms with van der Waals surface area (Å²) in [5.41, 5.74) is 6.62. The van der Waals surface area contributed by atoms with Crippen molar-refractivity contribution in [3.63, 3.8) is 0 Å². The Morgan fingerprint density at radius 1 is 1.33 bits per heavy atom. The Hall–Kier alpha value is -1.36. The van der Waals surface area contributed by atoms with Crippen molar-refractivity contribution >= 4 is 11.6 Å². The Balaban J connectivity index is 2.60. The van der Waals surface area contributed by atoms with E-state index in [1.807, 2.05) is 20.8 Å². The number of nitrogens with one attached hydrogen (secondary N) is 1. The lowest BCUT2D eigenvalue weighted by Gasteiger charge is -2.10. The van der Waals surface area contributed by atoms with Crippen molar-refractivity contribution in [1.82, 2.24) is 9.97 Å². The smallest absolute Gasteiger partial charge is 0.134 e. The third kappa shape index (κ3) is 3.36. The molecule has 1 rings (SSSR count). The van der Waals surface area contributed by atoms with E-state index in [9.17, 15) is 0 Å². The number of aryl methyl sites for hydroxylation is 1. The monoisotopic (exact) mass is 210 g/mol. The molecule has 5 heteroatoms. The first-order chi connectivity index (χ1) is 7.15. The van der Waals surface area contributed by atoms with Gasteiger partial charge in [0.1, 0.15) is 17.5 Å². The number of nitrogens with two attached hydrogens (primary N) is 1. The Bertz CT molecular complexity index is 327. The number of hydrogen-bond donors (Lipinski definition) is 2. The summed E-state index contributed by atoms with van der Waals surface area (Å²) in [5, 5.41) is 3.17. The van der Waals surface area contributed by atoms with Crippen LogP contribution in [0.25, 0.3) is 0 Å². The largest absolute Gasteiger partial charge is 0.383 e. The standard InChI is InChI=1S/C10H18N4O/c1-4-15-6-5-12-10-7(2)9(11)13-8(3)14-10/h4-6H2,1-3H3,(H3,11,12,13,14). The molecule has 84 valence electrons. The van der Waals surface area contributed by atoms with Crippen LogP contribution in [0.4, 0.5) is 11.6 Å². The van der Waals surface area contributed by atoms with Crippen LogP contribution in [0.5, 0.6) is 0 Å². The van der Waals surface area contributed by atoms with E-state index in [0.29, 0.717) is 18.2 Å². The second kappa shape index (κ2) is 5.50. The van der Waals surface area contributed by atoms with Gasteiger partial charge in [0.2, 0.25) is 0 Å². The Morgan fingerprint density at radius 3 is 2.73 bits per heavy atom. The quantitative estimate of drug-likeness (QED) is 0.712. The Labute approximate surface area is 90.1 Å². The van der Waals surface area contributed by atoms with Gasteiger partial charge in [0.25, 0.3) is 0 Å². The SMILES string of the molecule is CCOCCNc1nc(C)nc(N)c1C. The molecule has 1 aromatic heterocycles. The summed E-state index contributed by atoms with van der Waals surface area (Å²) in [4.78, 5) is 8.35. The lowest BCUT2D eigenvalue weighted by atomic mass is 10.3. The van der Waals surface area contributed by atoms with E-state index in [2.05, 4.69) is 15.3 Å². The van der Waals surface area contributed by atoms with Gasteiger partial charge in [0.05, 0.1) is 6.61 Å². The molecule has 0 radical (unpaired) electrons. The summed E-state index contributed by atoms with van der Waals surface area (Å²) in [6, 6.07) is 0. The van der Waals surface area contributed by atoms with Crippen LogP contribution in [0.1, 0.15) is 18.3 Å². The summed E-state index contributed by atoms with van der Waals surface area (Å²) in [5.74, 6) is 2.00. The average Bonchev–Trinajstić information content (AvgIpc) is 2.19. The first-order valence-electron chi connectivity index (χ1n) is 5.07. The second-order valence-electron chi connectivity index (χ2n) is 3.25. The van der Waals surface area contributed by atoms with Crippen LogP contribution in [-0.4, -0.2) is 29.7 Å². The molecule has 0 unspecified atom stereocenters. The molecule has 0 aromatic carbocycles. The van der Waals surface area contributed by atoms with Gasteiger partial charge in [-0.15, -0.1) is 0 Å². The maximum Gasteiger partial charge on any atom is 0.134 e. The van der Waals surface area contributed by atoms with Crippen LogP contribution in [0.15, 0.2) is 0 Å². The number of hydrogen-bond acceptors (Lipinski definition) is 5. The van der Waals surface area contributed by atoms with Crippen LogP contribution in [-0.2, 0) is 4.74 Å². The first kappa shape index (κ1) is 11.7. The summed E-state index contributed by atoms with van der Waals surface area (Å²) < 4.78 is 5.22. The van der Waals surface area contributed by atoms with Gasteiger partial charge in [-0.3, -0.25) is 0 Å². The van der Waals surface area contributed by atoms with Crippen molar-refractivity contribution in [3.8, 4) is 0 Å². The normalized spacial score (nSPS) is 10.3. The molecular formula is C10H18N4O. The molecule has 0 aliphatic heterocycles. The first-order valence-corrected chi connectivity index (χ1v) is 5.07. The van der Waals surface area contributed by atoms with Crippen LogP contribution >= 0.6 is 0 Å². The molecular weight excluding hydrogens is 192 g/mol. The molecule has 1 heterocycles. The van der Waals surface area contributed by atoms with Gasteiger partial charge in [0.15, 0.2) is 0 Å². The number of aromatic nitrogens is 2. The minimum atomic E-state index is 0.529. The van der Waals surface area contributed by atoms with Crippen molar-refractivity contribution in [2.45, 2.75) is 20.8 Å². The summed E-state index contributed by atoms with van der Waals surface area (Å²) in [7, 11) is 0. The predicted octanol–water partition coefficient (Wildman–Crippen LogP) is 1.12.